The molecule has 1 N–H and O–H groups in total. The molecule has 1 fully saturated rings. The first kappa shape index (κ1) is 11.2. The van der Waals surface area contributed by atoms with Crippen LogP contribution in [0.1, 0.15) is 6.42 Å². The number of carbonyl (C=O) groups is 2. The van der Waals surface area contributed by atoms with Crippen LogP contribution in [0.4, 0.5) is 10.6 Å². The van der Waals surface area contributed by atoms with Crippen molar-refractivity contribution >= 4 is 39.2 Å². The highest BCUT2D eigenvalue weighted by molar-refractivity contribution is 9.10. The van der Waals surface area contributed by atoms with Crippen molar-refractivity contribution in [2.24, 2.45) is 0 Å². The van der Waals surface area contributed by atoms with Crippen LogP contribution in [0.2, 0.25) is 0 Å². The molecule has 2 aromatic rings. The summed E-state index contributed by atoms with van der Waals surface area (Å²) in [6.45, 7) is 0.351. The Morgan fingerprint density at radius 2 is 2.17 bits per heavy atom. The molecule has 1 saturated heterocycles. The summed E-state index contributed by atoms with van der Waals surface area (Å²) < 4.78 is 2.69. The number of hydrogen-bond donors (Lipinski definition) is 1. The largest absolute Gasteiger partial charge is 0.329 e. The van der Waals surface area contributed by atoms with Gasteiger partial charge in [0.05, 0.1) is 10.1 Å². The van der Waals surface area contributed by atoms with Gasteiger partial charge in [-0.05, 0) is 28.1 Å². The van der Waals surface area contributed by atoms with Gasteiger partial charge in [0.25, 0.3) is 0 Å². The second-order valence-electron chi connectivity index (χ2n) is 3.93. The number of nitrogens with one attached hydrogen (secondary N) is 1. The zero-order valence-electron chi connectivity index (χ0n) is 9.26. The Bertz CT molecular complexity index is 652. The predicted molar refractivity (Wildman–Crippen MR) is 68.4 cm³/mol. The van der Waals surface area contributed by atoms with E-state index in [9.17, 15) is 9.59 Å². The van der Waals surface area contributed by atoms with Crippen molar-refractivity contribution in [2.45, 2.75) is 6.42 Å². The summed E-state index contributed by atoms with van der Waals surface area (Å²) in [5.41, 5.74) is 0.814. The van der Waals surface area contributed by atoms with Gasteiger partial charge in [0, 0.05) is 13.0 Å². The Hall–Kier alpha value is -1.89. The first-order valence-corrected chi connectivity index (χ1v) is 6.19. The summed E-state index contributed by atoms with van der Waals surface area (Å²) in [5.74, 6) is 0.308. The summed E-state index contributed by atoms with van der Waals surface area (Å²) >= 11 is 3.41. The van der Waals surface area contributed by atoms with Gasteiger partial charge in [-0.1, -0.05) is 6.07 Å². The Labute approximate surface area is 111 Å². The summed E-state index contributed by atoms with van der Waals surface area (Å²) in [6, 6.07) is 5.21. The molecule has 0 spiro atoms. The summed E-state index contributed by atoms with van der Waals surface area (Å²) in [6.07, 6.45) is 1.93. The van der Waals surface area contributed by atoms with Crippen LogP contribution in [0.15, 0.2) is 29.1 Å². The van der Waals surface area contributed by atoms with Gasteiger partial charge in [0.15, 0.2) is 5.82 Å². The van der Waals surface area contributed by atoms with E-state index in [2.05, 4.69) is 26.2 Å². The third-order valence-electron chi connectivity index (χ3n) is 2.81. The van der Waals surface area contributed by atoms with Crippen LogP contribution in [0, 0.1) is 0 Å². The second-order valence-corrected chi connectivity index (χ2v) is 4.74. The van der Waals surface area contributed by atoms with Gasteiger partial charge < -0.3 is 0 Å². The molecule has 3 heterocycles. The zero-order valence-corrected chi connectivity index (χ0v) is 10.8. The van der Waals surface area contributed by atoms with Crippen LogP contribution in [0.3, 0.4) is 0 Å². The number of imidazole rings is 1. The number of hydrogen-bond acceptors (Lipinski definition) is 3. The van der Waals surface area contributed by atoms with Crippen molar-refractivity contribution in [2.75, 3.05) is 11.4 Å². The van der Waals surface area contributed by atoms with Gasteiger partial charge in [0.2, 0.25) is 5.91 Å². The van der Waals surface area contributed by atoms with Gasteiger partial charge in [-0.3, -0.25) is 19.4 Å². The van der Waals surface area contributed by atoms with E-state index in [0.29, 0.717) is 18.8 Å². The Morgan fingerprint density at radius 1 is 1.33 bits per heavy atom. The molecular weight excluding hydrogens is 300 g/mol. The van der Waals surface area contributed by atoms with E-state index in [1.807, 2.05) is 22.6 Å². The van der Waals surface area contributed by atoms with Gasteiger partial charge >= 0.3 is 6.03 Å². The van der Waals surface area contributed by atoms with Gasteiger partial charge in [-0.15, -0.1) is 0 Å². The monoisotopic (exact) mass is 308 g/mol. The molecule has 3 amide bonds. The third kappa shape index (κ3) is 1.67. The smallest absolute Gasteiger partial charge is 0.291 e. The average molecular weight is 309 g/mol. The molecule has 2 aromatic heterocycles. The van der Waals surface area contributed by atoms with Crippen LogP contribution in [-0.2, 0) is 4.79 Å². The molecule has 0 saturated carbocycles. The van der Waals surface area contributed by atoms with Crippen molar-refractivity contribution in [1.82, 2.24) is 14.7 Å². The summed E-state index contributed by atoms with van der Waals surface area (Å²) in [7, 11) is 0. The number of carbonyl (C=O) groups excluding carboxylic acids is 2. The zero-order chi connectivity index (χ0) is 12.7. The Kier molecular flexibility index (Phi) is 2.55. The fourth-order valence-electron chi connectivity index (χ4n) is 1.95. The number of urea groups is 1. The molecule has 0 atom stereocenters. The molecule has 6 nitrogen and oxygen atoms in total. The average Bonchev–Trinajstić information content (AvgIpc) is 2.74. The van der Waals surface area contributed by atoms with E-state index >= 15 is 0 Å². The molecule has 0 bridgehead atoms. The van der Waals surface area contributed by atoms with E-state index in [1.165, 1.54) is 4.90 Å². The van der Waals surface area contributed by atoms with Crippen LogP contribution in [-0.4, -0.2) is 27.9 Å². The van der Waals surface area contributed by atoms with Crippen LogP contribution >= 0.6 is 15.9 Å². The van der Waals surface area contributed by atoms with Crippen molar-refractivity contribution in [3.05, 3.63) is 29.1 Å². The molecule has 92 valence electrons. The Balaban J connectivity index is 2.07. The van der Waals surface area contributed by atoms with E-state index in [1.54, 1.807) is 6.33 Å². The lowest BCUT2D eigenvalue weighted by atomic mass is 10.3. The van der Waals surface area contributed by atoms with E-state index < -0.39 is 6.03 Å². The molecule has 0 aromatic carbocycles. The van der Waals surface area contributed by atoms with Crippen molar-refractivity contribution in [1.29, 1.82) is 0 Å². The maximum Gasteiger partial charge on any atom is 0.329 e. The Morgan fingerprint density at radius 3 is 2.94 bits per heavy atom. The van der Waals surface area contributed by atoms with Gasteiger partial charge in [-0.2, -0.15) is 0 Å². The second kappa shape index (κ2) is 4.09. The van der Waals surface area contributed by atoms with Crippen molar-refractivity contribution in [3.63, 3.8) is 0 Å². The lowest BCUT2D eigenvalue weighted by Crippen LogP contribution is -2.49. The molecule has 18 heavy (non-hydrogen) atoms. The van der Waals surface area contributed by atoms with Crippen molar-refractivity contribution < 1.29 is 9.59 Å². The molecular formula is C11H9BrN4O2. The predicted octanol–water partition coefficient (Wildman–Crippen LogP) is 1.54. The van der Waals surface area contributed by atoms with Crippen LogP contribution < -0.4 is 10.2 Å². The molecule has 0 unspecified atom stereocenters. The molecule has 3 rings (SSSR count). The highest BCUT2D eigenvalue weighted by Crippen LogP contribution is 2.24. The number of imide groups is 1. The molecule has 0 aliphatic carbocycles. The van der Waals surface area contributed by atoms with E-state index in [0.717, 1.165) is 10.1 Å². The number of nitrogens with zero attached hydrogens (tertiary/aromatic N) is 3. The lowest BCUT2D eigenvalue weighted by Gasteiger charge is -2.24. The first-order chi connectivity index (χ1) is 8.66. The first-order valence-electron chi connectivity index (χ1n) is 5.40. The molecule has 1 aliphatic rings. The maximum atomic E-state index is 11.8. The molecule has 0 radical (unpaired) electrons. The van der Waals surface area contributed by atoms with Gasteiger partial charge in [-0.25, -0.2) is 9.78 Å². The van der Waals surface area contributed by atoms with Crippen LogP contribution in [0.5, 0.6) is 0 Å². The minimum atomic E-state index is -0.424. The fourth-order valence-corrected chi connectivity index (χ4v) is 2.38. The quantitative estimate of drug-likeness (QED) is 0.813. The molecule has 7 heteroatoms. The number of anilines is 1. The maximum absolute atomic E-state index is 11.8. The minimum absolute atomic E-state index is 0.249. The lowest BCUT2D eigenvalue weighted by molar-refractivity contribution is -0.120. The number of rotatable bonds is 1. The minimum Gasteiger partial charge on any atom is -0.291 e. The summed E-state index contributed by atoms with van der Waals surface area (Å²) in [5, 5.41) is 2.28. The standard InChI is InChI=1S/C11H9BrN4O2/c12-8-3-1-2-7-10(13-6-16(7)8)15-5-4-9(17)14-11(15)18/h1-3,6H,4-5H2,(H,14,17,18). The SMILES string of the molecule is O=C1CCN(c2ncn3c(Br)cccc23)C(=O)N1. The number of fused-ring (bicyclic) bond motifs is 1. The van der Waals surface area contributed by atoms with Crippen molar-refractivity contribution in [3.8, 4) is 0 Å². The number of halogens is 1. The fraction of sp³-hybridized carbons (Fsp3) is 0.182. The third-order valence-corrected chi connectivity index (χ3v) is 3.46. The topological polar surface area (TPSA) is 66.7 Å². The highest BCUT2D eigenvalue weighted by atomic mass is 79.9. The number of aromatic nitrogens is 2. The van der Waals surface area contributed by atoms with E-state index in [-0.39, 0.29) is 5.91 Å². The number of pyridine rings is 1. The number of amides is 3. The molecule has 1 aliphatic heterocycles. The normalized spacial score (nSPS) is 16.2. The summed E-state index contributed by atoms with van der Waals surface area (Å²) in [4.78, 5) is 28.6. The van der Waals surface area contributed by atoms with E-state index in [4.69, 9.17) is 0 Å². The highest BCUT2D eigenvalue weighted by Gasteiger charge is 2.27. The van der Waals surface area contributed by atoms with Crippen LogP contribution in [0.25, 0.3) is 5.52 Å². The van der Waals surface area contributed by atoms with Gasteiger partial charge in [0.1, 0.15) is 6.33 Å².